The van der Waals surface area contributed by atoms with Gasteiger partial charge in [0, 0.05) is 12.7 Å². The highest BCUT2D eigenvalue weighted by atomic mass is 16.5. The number of hydrogen-bond donors (Lipinski definition) is 2. The van der Waals surface area contributed by atoms with Crippen molar-refractivity contribution in [2.24, 2.45) is 0 Å². The largest absolute Gasteiger partial charge is 0.394 e. The van der Waals surface area contributed by atoms with Crippen LogP contribution in [0.5, 0.6) is 0 Å². The molecule has 1 unspecified atom stereocenters. The Kier molecular flexibility index (Phi) is 3.93. The Labute approximate surface area is 101 Å². The molecule has 0 aliphatic carbocycles. The fourth-order valence-corrected chi connectivity index (χ4v) is 1.92. The van der Waals surface area contributed by atoms with Crippen molar-refractivity contribution >= 4 is 5.82 Å². The van der Waals surface area contributed by atoms with Crippen molar-refractivity contribution in [2.45, 2.75) is 19.1 Å². The van der Waals surface area contributed by atoms with E-state index in [1.54, 1.807) is 13.1 Å². The first kappa shape index (κ1) is 12.3. The first-order valence-corrected chi connectivity index (χ1v) is 5.81. The van der Waals surface area contributed by atoms with Crippen molar-refractivity contribution in [2.75, 3.05) is 31.3 Å². The molecule has 2 atom stereocenters. The monoisotopic (exact) mass is 238 g/mol. The highest BCUT2D eigenvalue weighted by Crippen LogP contribution is 2.19. The van der Waals surface area contributed by atoms with Crippen LogP contribution in [-0.2, 0) is 4.74 Å². The van der Waals surface area contributed by atoms with Crippen molar-refractivity contribution in [3.8, 4) is 0 Å². The molecule has 94 valence electrons. The Morgan fingerprint density at radius 1 is 1.59 bits per heavy atom. The molecule has 1 aliphatic rings. The second-order valence-electron chi connectivity index (χ2n) is 4.23. The van der Waals surface area contributed by atoms with E-state index in [9.17, 15) is 10.2 Å². The molecular weight excluding hydrogens is 220 g/mol. The third kappa shape index (κ3) is 2.74. The van der Waals surface area contributed by atoms with Gasteiger partial charge in [-0.05, 0) is 18.6 Å². The molecule has 0 saturated carbocycles. The molecule has 2 rings (SSSR count). The first-order valence-electron chi connectivity index (χ1n) is 5.81. The normalized spacial score (nSPS) is 22.5. The van der Waals surface area contributed by atoms with Gasteiger partial charge in [-0.25, -0.2) is 4.98 Å². The Morgan fingerprint density at radius 3 is 3.00 bits per heavy atom. The Morgan fingerprint density at radius 2 is 2.41 bits per heavy atom. The zero-order valence-corrected chi connectivity index (χ0v) is 9.91. The molecule has 1 fully saturated rings. The van der Waals surface area contributed by atoms with E-state index in [-0.39, 0.29) is 12.6 Å². The molecule has 5 nitrogen and oxygen atoms in total. The van der Waals surface area contributed by atoms with Crippen LogP contribution in [0.15, 0.2) is 18.3 Å². The average molecular weight is 238 g/mol. The maximum Gasteiger partial charge on any atom is 0.128 e. The highest BCUT2D eigenvalue weighted by molar-refractivity contribution is 5.41. The lowest BCUT2D eigenvalue weighted by Gasteiger charge is -2.35. The van der Waals surface area contributed by atoms with Crippen molar-refractivity contribution in [3.63, 3.8) is 0 Å². The van der Waals surface area contributed by atoms with Crippen LogP contribution in [0, 0.1) is 0 Å². The van der Waals surface area contributed by atoms with E-state index in [1.807, 2.05) is 17.0 Å². The average Bonchev–Trinajstić information content (AvgIpc) is 2.39. The standard InChI is InChI=1S/C12H18N2O3/c1-9(16)10-2-3-12(13-6-10)14-4-5-17-8-11(14)7-15/h2-3,6,9,11,15-16H,4-5,7-8H2,1H3/t9-,11?/m1/s1. The predicted octanol–water partition coefficient (Wildman–Crippen LogP) is 0.332. The lowest BCUT2D eigenvalue weighted by atomic mass is 10.2. The minimum atomic E-state index is -0.505. The van der Waals surface area contributed by atoms with Gasteiger partial charge < -0.3 is 19.8 Å². The van der Waals surface area contributed by atoms with Crippen LogP contribution in [0.25, 0.3) is 0 Å². The fraction of sp³-hybridized carbons (Fsp3) is 0.583. The van der Waals surface area contributed by atoms with Gasteiger partial charge in [0.2, 0.25) is 0 Å². The van der Waals surface area contributed by atoms with E-state index in [4.69, 9.17) is 4.74 Å². The number of aliphatic hydroxyl groups excluding tert-OH is 2. The number of morpholine rings is 1. The van der Waals surface area contributed by atoms with Gasteiger partial charge in [-0.3, -0.25) is 0 Å². The number of hydrogen-bond acceptors (Lipinski definition) is 5. The molecule has 1 aromatic heterocycles. The molecule has 5 heteroatoms. The summed E-state index contributed by atoms with van der Waals surface area (Å²) in [7, 11) is 0. The minimum absolute atomic E-state index is 0.0337. The SMILES string of the molecule is C[C@@H](O)c1ccc(N2CCOCC2CO)nc1. The van der Waals surface area contributed by atoms with Crippen LogP contribution in [0.1, 0.15) is 18.6 Å². The van der Waals surface area contributed by atoms with Gasteiger partial charge in [-0.15, -0.1) is 0 Å². The fourth-order valence-electron chi connectivity index (χ4n) is 1.92. The number of pyridine rings is 1. The summed E-state index contributed by atoms with van der Waals surface area (Å²) in [6, 6.07) is 3.70. The molecule has 0 radical (unpaired) electrons. The Balaban J connectivity index is 2.15. The molecule has 0 amide bonds. The quantitative estimate of drug-likeness (QED) is 0.794. The van der Waals surface area contributed by atoms with Crippen molar-refractivity contribution in [1.82, 2.24) is 4.98 Å². The maximum absolute atomic E-state index is 9.41. The van der Waals surface area contributed by atoms with Crippen molar-refractivity contribution in [1.29, 1.82) is 0 Å². The lowest BCUT2D eigenvalue weighted by molar-refractivity contribution is 0.0722. The van der Waals surface area contributed by atoms with Crippen molar-refractivity contribution in [3.05, 3.63) is 23.9 Å². The van der Waals surface area contributed by atoms with Gasteiger partial charge in [-0.2, -0.15) is 0 Å². The summed E-state index contributed by atoms with van der Waals surface area (Å²) in [4.78, 5) is 6.36. The molecule has 2 heterocycles. The van der Waals surface area contributed by atoms with Crippen LogP contribution >= 0.6 is 0 Å². The van der Waals surface area contributed by atoms with Crippen LogP contribution in [0.4, 0.5) is 5.82 Å². The van der Waals surface area contributed by atoms with E-state index in [1.165, 1.54) is 0 Å². The van der Waals surface area contributed by atoms with Crippen molar-refractivity contribution < 1.29 is 14.9 Å². The van der Waals surface area contributed by atoms with Crippen LogP contribution in [0.2, 0.25) is 0 Å². The number of ether oxygens (including phenoxy) is 1. The van der Waals surface area contributed by atoms with Crippen LogP contribution in [0.3, 0.4) is 0 Å². The summed E-state index contributed by atoms with van der Waals surface area (Å²) in [5, 5.41) is 18.7. The zero-order valence-electron chi connectivity index (χ0n) is 9.91. The Hall–Kier alpha value is -1.17. The summed E-state index contributed by atoms with van der Waals surface area (Å²) < 4.78 is 5.32. The molecule has 0 spiro atoms. The molecule has 1 saturated heterocycles. The van der Waals surface area contributed by atoms with Gasteiger partial charge in [0.15, 0.2) is 0 Å². The summed E-state index contributed by atoms with van der Waals surface area (Å²) in [5.41, 5.74) is 0.794. The lowest BCUT2D eigenvalue weighted by Crippen LogP contribution is -2.48. The van der Waals surface area contributed by atoms with Gasteiger partial charge in [0.25, 0.3) is 0 Å². The molecule has 1 aromatic rings. The van der Waals surface area contributed by atoms with Crippen LogP contribution in [-0.4, -0.2) is 47.6 Å². The summed E-state index contributed by atoms with van der Waals surface area (Å²) in [6.07, 6.45) is 1.17. The smallest absolute Gasteiger partial charge is 0.128 e. The van der Waals surface area contributed by atoms with E-state index in [0.717, 1.165) is 17.9 Å². The topological polar surface area (TPSA) is 65.8 Å². The molecule has 1 aliphatic heterocycles. The van der Waals surface area contributed by atoms with E-state index < -0.39 is 6.10 Å². The van der Waals surface area contributed by atoms with Gasteiger partial charge in [0.1, 0.15) is 5.82 Å². The molecule has 2 N–H and O–H groups in total. The Bertz CT molecular complexity index is 353. The van der Waals surface area contributed by atoms with Gasteiger partial charge >= 0.3 is 0 Å². The third-order valence-electron chi connectivity index (χ3n) is 2.99. The molecule has 0 aromatic carbocycles. The third-order valence-corrected chi connectivity index (χ3v) is 2.99. The highest BCUT2D eigenvalue weighted by Gasteiger charge is 2.23. The summed E-state index contributed by atoms with van der Waals surface area (Å²) >= 11 is 0. The molecule has 0 bridgehead atoms. The number of aliphatic hydroxyl groups is 2. The van der Waals surface area contributed by atoms with E-state index in [2.05, 4.69) is 4.98 Å². The second kappa shape index (κ2) is 5.44. The number of anilines is 1. The predicted molar refractivity (Wildman–Crippen MR) is 63.9 cm³/mol. The van der Waals surface area contributed by atoms with Gasteiger partial charge in [-0.1, -0.05) is 6.07 Å². The van der Waals surface area contributed by atoms with Gasteiger partial charge in [0.05, 0.1) is 32.0 Å². The molecular formula is C12H18N2O3. The maximum atomic E-state index is 9.41. The minimum Gasteiger partial charge on any atom is -0.394 e. The zero-order chi connectivity index (χ0) is 12.3. The van der Waals surface area contributed by atoms with E-state index >= 15 is 0 Å². The number of rotatable bonds is 3. The summed E-state index contributed by atoms with van der Waals surface area (Å²) in [5.74, 6) is 0.816. The number of aromatic nitrogens is 1. The van der Waals surface area contributed by atoms with Crippen LogP contribution < -0.4 is 4.90 Å². The second-order valence-corrected chi connectivity index (χ2v) is 4.23. The number of nitrogens with zero attached hydrogens (tertiary/aromatic N) is 2. The molecule has 17 heavy (non-hydrogen) atoms. The van der Waals surface area contributed by atoms with E-state index in [0.29, 0.717) is 13.2 Å². The summed E-state index contributed by atoms with van der Waals surface area (Å²) in [6.45, 7) is 3.67. The first-order chi connectivity index (χ1) is 8.22.